The van der Waals surface area contributed by atoms with Crippen LogP contribution in [0, 0.1) is 17.0 Å². The summed E-state index contributed by atoms with van der Waals surface area (Å²) in [4.78, 5) is 35.3. The summed E-state index contributed by atoms with van der Waals surface area (Å²) < 4.78 is 1.25. The zero-order chi connectivity index (χ0) is 18.7. The van der Waals surface area contributed by atoms with Crippen molar-refractivity contribution in [3.63, 3.8) is 0 Å². The van der Waals surface area contributed by atoms with Crippen molar-refractivity contribution < 1.29 is 9.72 Å². The van der Waals surface area contributed by atoms with Crippen molar-refractivity contribution in [3.8, 4) is 5.69 Å². The third-order valence-electron chi connectivity index (χ3n) is 4.30. The molecule has 2 aromatic rings. The molecule has 1 fully saturated rings. The molecule has 0 bridgehead atoms. The maximum Gasteiger partial charge on any atom is 0.294 e. The Hall–Kier alpha value is -3.07. The first-order valence-electron chi connectivity index (χ1n) is 8.33. The molecular formula is C17H19N5O4. The topological polar surface area (TPSA) is 119 Å². The highest BCUT2D eigenvalue weighted by Gasteiger charge is 2.21. The standard InChI is InChI=1S/C17H19N5O4/c1-11-9-15(23)16(17(24)19-10-12-5-4-8-18-12)20-21(11)13-6-2-3-7-14(13)22(25)26/h2-3,6-7,9,12,18H,4-5,8,10H2,1H3,(H,19,24). The van der Waals surface area contributed by atoms with E-state index >= 15 is 0 Å². The zero-order valence-corrected chi connectivity index (χ0v) is 14.3. The Kier molecular flexibility index (Phi) is 5.08. The van der Waals surface area contributed by atoms with Crippen molar-refractivity contribution in [2.75, 3.05) is 13.1 Å². The van der Waals surface area contributed by atoms with Crippen LogP contribution in [0.25, 0.3) is 5.69 Å². The number of amides is 1. The lowest BCUT2D eigenvalue weighted by Crippen LogP contribution is -2.39. The number of hydrogen-bond donors (Lipinski definition) is 2. The van der Waals surface area contributed by atoms with Crippen LogP contribution in [-0.4, -0.2) is 39.7 Å². The lowest BCUT2D eigenvalue weighted by atomic mass is 10.2. The minimum atomic E-state index is -0.587. The molecule has 3 rings (SSSR count). The average Bonchev–Trinajstić information content (AvgIpc) is 3.13. The van der Waals surface area contributed by atoms with Crippen LogP contribution in [0.5, 0.6) is 0 Å². The maximum absolute atomic E-state index is 12.4. The molecule has 9 nitrogen and oxygen atoms in total. The molecule has 1 saturated heterocycles. The molecule has 0 aliphatic carbocycles. The number of carbonyl (C=O) groups is 1. The van der Waals surface area contributed by atoms with Gasteiger partial charge in [0.15, 0.2) is 5.69 Å². The lowest BCUT2D eigenvalue weighted by Gasteiger charge is -2.13. The number of nitrogens with one attached hydrogen (secondary N) is 2. The average molecular weight is 357 g/mol. The van der Waals surface area contributed by atoms with Gasteiger partial charge < -0.3 is 10.6 Å². The van der Waals surface area contributed by atoms with Gasteiger partial charge in [0.1, 0.15) is 5.69 Å². The number of benzene rings is 1. The van der Waals surface area contributed by atoms with E-state index in [2.05, 4.69) is 15.7 Å². The Balaban J connectivity index is 1.93. The second kappa shape index (κ2) is 7.44. The zero-order valence-electron chi connectivity index (χ0n) is 14.3. The molecule has 2 N–H and O–H groups in total. The number of nitro benzene ring substituents is 1. The fraction of sp³-hybridized carbons (Fsp3) is 0.353. The Morgan fingerprint density at radius 3 is 2.92 bits per heavy atom. The van der Waals surface area contributed by atoms with E-state index in [1.54, 1.807) is 19.1 Å². The number of aryl methyl sites for hydroxylation is 1. The van der Waals surface area contributed by atoms with E-state index in [9.17, 15) is 19.7 Å². The van der Waals surface area contributed by atoms with E-state index in [0.29, 0.717) is 12.2 Å². The lowest BCUT2D eigenvalue weighted by molar-refractivity contribution is -0.384. The molecule has 1 aromatic carbocycles. The molecule has 9 heteroatoms. The van der Waals surface area contributed by atoms with Crippen molar-refractivity contribution in [2.45, 2.75) is 25.8 Å². The maximum atomic E-state index is 12.4. The molecule has 2 heterocycles. The van der Waals surface area contributed by atoms with Gasteiger partial charge in [-0.2, -0.15) is 5.10 Å². The van der Waals surface area contributed by atoms with Crippen molar-refractivity contribution in [2.24, 2.45) is 0 Å². The highest BCUT2D eigenvalue weighted by Crippen LogP contribution is 2.22. The molecule has 1 aliphatic heterocycles. The van der Waals surface area contributed by atoms with Crippen LogP contribution >= 0.6 is 0 Å². The van der Waals surface area contributed by atoms with E-state index in [0.717, 1.165) is 19.4 Å². The summed E-state index contributed by atoms with van der Waals surface area (Å²) in [6, 6.07) is 7.48. The molecule has 0 saturated carbocycles. The minimum absolute atomic E-state index is 0.159. The van der Waals surface area contributed by atoms with Gasteiger partial charge in [-0.05, 0) is 32.4 Å². The van der Waals surface area contributed by atoms with Crippen LogP contribution in [0.3, 0.4) is 0 Å². The van der Waals surface area contributed by atoms with Crippen LogP contribution in [0.2, 0.25) is 0 Å². The van der Waals surface area contributed by atoms with Gasteiger partial charge in [0.25, 0.3) is 11.6 Å². The summed E-state index contributed by atoms with van der Waals surface area (Å²) in [5.74, 6) is -0.587. The van der Waals surface area contributed by atoms with Gasteiger partial charge in [-0.15, -0.1) is 0 Å². The van der Waals surface area contributed by atoms with Gasteiger partial charge >= 0.3 is 0 Å². The van der Waals surface area contributed by atoms with E-state index < -0.39 is 16.3 Å². The van der Waals surface area contributed by atoms with Crippen LogP contribution in [-0.2, 0) is 0 Å². The van der Waals surface area contributed by atoms with Gasteiger partial charge in [0.05, 0.1) is 4.92 Å². The van der Waals surface area contributed by atoms with Crippen molar-refractivity contribution in [3.05, 3.63) is 62.1 Å². The first-order valence-corrected chi connectivity index (χ1v) is 8.33. The number of carbonyl (C=O) groups excluding carboxylic acids is 1. The predicted octanol–water partition coefficient (Wildman–Crippen LogP) is 0.931. The Morgan fingerprint density at radius 1 is 1.46 bits per heavy atom. The van der Waals surface area contributed by atoms with Gasteiger partial charge in [-0.3, -0.25) is 19.7 Å². The van der Waals surface area contributed by atoms with E-state index in [4.69, 9.17) is 0 Å². The fourth-order valence-electron chi connectivity index (χ4n) is 2.98. The number of hydrogen-bond acceptors (Lipinski definition) is 6. The Morgan fingerprint density at radius 2 is 2.23 bits per heavy atom. The third kappa shape index (κ3) is 3.62. The highest BCUT2D eigenvalue weighted by molar-refractivity contribution is 5.92. The molecular weight excluding hydrogens is 338 g/mol. The third-order valence-corrected chi connectivity index (χ3v) is 4.30. The number of aromatic nitrogens is 2. The van der Waals surface area contributed by atoms with Crippen LogP contribution in [0.4, 0.5) is 5.69 Å². The second-order valence-corrected chi connectivity index (χ2v) is 6.16. The van der Waals surface area contributed by atoms with Crippen molar-refractivity contribution in [1.29, 1.82) is 0 Å². The highest BCUT2D eigenvalue weighted by atomic mass is 16.6. The Bertz CT molecular complexity index is 902. The van der Waals surface area contributed by atoms with Gasteiger partial charge in [0, 0.05) is 30.4 Å². The largest absolute Gasteiger partial charge is 0.349 e. The number of nitrogens with zero attached hydrogens (tertiary/aromatic N) is 3. The van der Waals surface area contributed by atoms with E-state index in [1.807, 2.05) is 0 Å². The summed E-state index contributed by atoms with van der Waals surface area (Å²) in [5, 5.41) is 21.3. The van der Waals surface area contributed by atoms with Crippen LogP contribution in [0.15, 0.2) is 35.1 Å². The first-order chi connectivity index (χ1) is 12.5. The van der Waals surface area contributed by atoms with E-state index in [-0.39, 0.29) is 23.1 Å². The predicted molar refractivity (Wildman–Crippen MR) is 94.6 cm³/mol. The van der Waals surface area contributed by atoms with E-state index in [1.165, 1.54) is 22.9 Å². The summed E-state index contributed by atoms with van der Waals surface area (Å²) in [5.41, 5.74) is -0.367. The first kappa shape index (κ1) is 17.7. The molecule has 1 atom stereocenters. The fourth-order valence-corrected chi connectivity index (χ4v) is 2.98. The van der Waals surface area contributed by atoms with Gasteiger partial charge in [0.2, 0.25) is 5.43 Å². The normalized spacial score (nSPS) is 16.4. The molecule has 1 unspecified atom stereocenters. The summed E-state index contributed by atoms with van der Waals surface area (Å²) in [6.45, 7) is 2.92. The number of nitro groups is 1. The molecule has 0 radical (unpaired) electrons. The number of para-hydroxylation sites is 2. The Labute approximate surface area is 149 Å². The molecule has 1 aromatic heterocycles. The number of rotatable bonds is 5. The molecule has 136 valence electrons. The van der Waals surface area contributed by atoms with Crippen molar-refractivity contribution in [1.82, 2.24) is 20.4 Å². The van der Waals surface area contributed by atoms with Crippen LogP contribution < -0.4 is 16.1 Å². The summed E-state index contributed by atoms with van der Waals surface area (Å²) in [6.07, 6.45) is 2.01. The summed E-state index contributed by atoms with van der Waals surface area (Å²) >= 11 is 0. The second-order valence-electron chi connectivity index (χ2n) is 6.16. The quantitative estimate of drug-likeness (QED) is 0.607. The van der Waals surface area contributed by atoms with Gasteiger partial charge in [-0.1, -0.05) is 12.1 Å². The molecule has 1 amide bonds. The molecule has 1 aliphatic rings. The smallest absolute Gasteiger partial charge is 0.294 e. The molecule has 26 heavy (non-hydrogen) atoms. The van der Waals surface area contributed by atoms with Crippen LogP contribution in [0.1, 0.15) is 29.0 Å². The SMILES string of the molecule is Cc1cc(=O)c(C(=O)NCC2CCCN2)nn1-c1ccccc1[N+](=O)[O-]. The monoisotopic (exact) mass is 357 g/mol. The molecule has 0 spiro atoms. The van der Waals surface area contributed by atoms with Crippen molar-refractivity contribution >= 4 is 11.6 Å². The summed E-state index contributed by atoms with van der Waals surface area (Å²) in [7, 11) is 0. The van der Waals surface area contributed by atoms with Gasteiger partial charge in [-0.25, -0.2) is 4.68 Å². The minimum Gasteiger partial charge on any atom is -0.349 e.